The van der Waals surface area contributed by atoms with Gasteiger partial charge in [-0.15, -0.1) is 0 Å². The third-order valence-corrected chi connectivity index (χ3v) is 4.70. The van der Waals surface area contributed by atoms with E-state index in [1.54, 1.807) is 0 Å². The normalized spacial score (nSPS) is 15.2. The molecule has 2 aromatic rings. The molecule has 5 nitrogen and oxygen atoms in total. The summed E-state index contributed by atoms with van der Waals surface area (Å²) in [5, 5.41) is 3.52. The van der Waals surface area contributed by atoms with Crippen molar-refractivity contribution in [1.29, 1.82) is 0 Å². The molecule has 0 radical (unpaired) electrons. The fourth-order valence-corrected chi connectivity index (χ4v) is 3.24. The number of hydrogen-bond donors (Lipinski definition) is 0. The number of aromatic nitrogens is 1. The van der Waals surface area contributed by atoms with Crippen molar-refractivity contribution in [3.05, 3.63) is 87.6 Å². The first kappa shape index (κ1) is 18.9. The van der Waals surface area contributed by atoms with Crippen molar-refractivity contribution in [2.24, 2.45) is 5.11 Å². The molecule has 0 aliphatic carbocycles. The minimum absolute atomic E-state index is 0.331. The Hall–Kier alpha value is -2.88. The first-order valence-corrected chi connectivity index (χ1v) is 9.40. The maximum atomic E-state index is 8.37. The monoisotopic (exact) mass is 359 g/mol. The summed E-state index contributed by atoms with van der Waals surface area (Å²) in [5.41, 5.74) is 13.8. The maximum absolute atomic E-state index is 8.37. The Morgan fingerprint density at radius 3 is 2.70 bits per heavy atom. The fourth-order valence-electron chi connectivity index (χ4n) is 3.24. The van der Waals surface area contributed by atoms with Gasteiger partial charge in [0.1, 0.15) is 0 Å². The highest BCUT2D eigenvalue weighted by molar-refractivity contribution is 5.78. The van der Waals surface area contributed by atoms with Crippen LogP contribution in [0.1, 0.15) is 35.4 Å². The molecule has 1 saturated heterocycles. The van der Waals surface area contributed by atoms with Crippen molar-refractivity contribution in [1.82, 2.24) is 9.88 Å². The van der Waals surface area contributed by atoms with Gasteiger partial charge in [0.2, 0.25) is 0 Å². The lowest BCUT2D eigenvalue weighted by molar-refractivity contribution is 0.377. The van der Waals surface area contributed by atoms with Gasteiger partial charge in [-0.3, -0.25) is 4.90 Å². The van der Waals surface area contributed by atoms with Gasteiger partial charge in [-0.05, 0) is 62.2 Å². The summed E-state index contributed by atoms with van der Waals surface area (Å²) < 4.78 is 0. The topological polar surface area (TPSA) is 64.9 Å². The standard InChI is InChI=1S/C22H25N5/c1-18-9-11-19(12-10-18)21(13-17-27-15-2-3-16-27)22-8-4-6-20(25-22)7-5-14-24-26-23/h4-13H,2-3,14-17H2,1H3. The second-order valence-electron chi connectivity index (χ2n) is 6.76. The molecule has 0 bridgehead atoms. The van der Waals surface area contributed by atoms with Crippen LogP contribution >= 0.6 is 0 Å². The molecule has 0 amide bonds. The van der Waals surface area contributed by atoms with Gasteiger partial charge in [0.05, 0.1) is 11.4 Å². The Kier molecular flexibility index (Phi) is 6.80. The molecular weight excluding hydrogens is 334 g/mol. The van der Waals surface area contributed by atoms with E-state index in [1.165, 1.54) is 37.1 Å². The van der Waals surface area contributed by atoms with Crippen LogP contribution in [-0.4, -0.2) is 36.1 Å². The lowest BCUT2D eigenvalue weighted by atomic mass is 10.00. The number of rotatable bonds is 7. The van der Waals surface area contributed by atoms with Gasteiger partial charge in [-0.2, -0.15) is 0 Å². The molecule has 138 valence electrons. The number of likely N-dealkylation sites (tertiary alicyclic amines) is 1. The highest BCUT2D eigenvalue weighted by Gasteiger charge is 2.12. The molecule has 0 spiro atoms. The lowest BCUT2D eigenvalue weighted by Gasteiger charge is -2.14. The van der Waals surface area contributed by atoms with E-state index >= 15 is 0 Å². The first-order valence-electron chi connectivity index (χ1n) is 9.40. The summed E-state index contributed by atoms with van der Waals surface area (Å²) in [4.78, 5) is 10.1. The SMILES string of the molecule is Cc1ccc(C(=CCN2CCCC2)c2cccc(C=CCN=[N+]=[N-])n2)cc1. The van der Waals surface area contributed by atoms with Crippen LogP contribution in [-0.2, 0) is 0 Å². The number of aryl methyl sites for hydroxylation is 1. The molecule has 0 atom stereocenters. The van der Waals surface area contributed by atoms with Gasteiger partial charge in [0.15, 0.2) is 0 Å². The van der Waals surface area contributed by atoms with Crippen LogP contribution < -0.4 is 0 Å². The summed E-state index contributed by atoms with van der Waals surface area (Å²) >= 11 is 0. The van der Waals surface area contributed by atoms with Crippen LogP contribution in [0.3, 0.4) is 0 Å². The number of nitrogens with zero attached hydrogens (tertiary/aromatic N) is 5. The summed E-state index contributed by atoms with van der Waals surface area (Å²) in [6.07, 6.45) is 8.59. The van der Waals surface area contributed by atoms with E-state index in [-0.39, 0.29) is 0 Å². The van der Waals surface area contributed by atoms with Gasteiger partial charge in [0, 0.05) is 23.6 Å². The molecule has 5 heteroatoms. The molecule has 1 aliphatic rings. The summed E-state index contributed by atoms with van der Waals surface area (Å²) in [7, 11) is 0. The van der Waals surface area contributed by atoms with Gasteiger partial charge in [0.25, 0.3) is 0 Å². The van der Waals surface area contributed by atoms with E-state index in [0.717, 1.165) is 23.5 Å². The zero-order valence-corrected chi connectivity index (χ0v) is 15.8. The summed E-state index contributed by atoms with van der Waals surface area (Å²) in [6, 6.07) is 14.6. The number of benzene rings is 1. The molecular formula is C22H25N5. The van der Waals surface area contributed by atoms with Crippen molar-refractivity contribution in [3.63, 3.8) is 0 Å². The van der Waals surface area contributed by atoms with E-state index in [2.05, 4.69) is 58.3 Å². The minimum Gasteiger partial charge on any atom is -0.300 e. The Labute approximate surface area is 160 Å². The van der Waals surface area contributed by atoms with E-state index < -0.39 is 0 Å². The van der Waals surface area contributed by atoms with Crippen molar-refractivity contribution >= 4 is 11.6 Å². The average Bonchev–Trinajstić information content (AvgIpc) is 3.21. The third kappa shape index (κ3) is 5.55. The van der Waals surface area contributed by atoms with Crippen LogP contribution in [0.15, 0.2) is 59.7 Å². The molecule has 1 aliphatic heterocycles. The van der Waals surface area contributed by atoms with Crippen LogP contribution in [0.5, 0.6) is 0 Å². The number of hydrogen-bond acceptors (Lipinski definition) is 3. The van der Waals surface area contributed by atoms with Gasteiger partial charge in [-0.25, -0.2) is 4.98 Å². The number of pyridine rings is 1. The second kappa shape index (κ2) is 9.72. The summed E-state index contributed by atoms with van der Waals surface area (Å²) in [6.45, 7) is 5.73. The van der Waals surface area contributed by atoms with Gasteiger partial charge in [-0.1, -0.05) is 53.2 Å². The van der Waals surface area contributed by atoms with E-state index in [4.69, 9.17) is 10.5 Å². The largest absolute Gasteiger partial charge is 0.300 e. The van der Waals surface area contributed by atoms with Crippen molar-refractivity contribution < 1.29 is 0 Å². The minimum atomic E-state index is 0.331. The van der Waals surface area contributed by atoms with Crippen molar-refractivity contribution in [2.45, 2.75) is 19.8 Å². The number of azide groups is 1. The van der Waals surface area contributed by atoms with Gasteiger partial charge >= 0.3 is 0 Å². The summed E-state index contributed by atoms with van der Waals surface area (Å²) in [5.74, 6) is 0. The smallest absolute Gasteiger partial charge is 0.0712 e. The van der Waals surface area contributed by atoms with Crippen LogP contribution in [0.2, 0.25) is 0 Å². The Balaban J connectivity index is 1.89. The van der Waals surface area contributed by atoms with Gasteiger partial charge < -0.3 is 0 Å². The zero-order chi connectivity index (χ0) is 18.9. The second-order valence-corrected chi connectivity index (χ2v) is 6.76. The van der Waals surface area contributed by atoms with Crippen LogP contribution in [0.4, 0.5) is 0 Å². The van der Waals surface area contributed by atoms with E-state index in [9.17, 15) is 0 Å². The molecule has 2 heterocycles. The first-order chi connectivity index (χ1) is 13.3. The lowest BCUT2D eigenvalue weighted by Crippen LogP contribution is -2.19. The van der Waals surface area contributed by atoms with Crippen LogP contribution in [0, 0.1) is 6.92 Å². The average molecular weight is 359 g/mol. The Bertz CT molecular complexity index is 855. The van der Waals surface area contributed by atoms with E-state index in [0.29, 0.717) is 6.54 Å². The molecule has 0 N–H and O–H groups in total. The molecule has 27 heavy (non-hydrogen) atoms. The maximum Gasteiger partial charge on any atom is 0.0712 e. The molecule has 0 unspecified atom stereocenters. The fraction of sp³-hybridized carbons (Fsp3) is 0.318. The Morgan fingerprint density at radius 2 is 1.96 bits per heavy atom. The third-order valence-electron chi connectivity index (χ3n) is 4.70. The molecule has 3 rings (SSSR count). The molecule has 1 fully saturated rings. The predicted molar refractivity (Wildman–Crippen MR) is 111 cm³/mol. The molecule has 1 aromatic heterocycles. The molecule has 1 aromatic carbocycles. The quantitative estimate of drug-likeness (QED) is 0.385. The van der Waals surface area contributed by atoms with E-state index in [1.807, 2.05) is 24.3 Å². The van der Waals surface area contributed by atoms with Crippen molar-refractivity contribution in [3.8, 4) is 0 Å². The Morgan fingerprint density at radius 1 is 1.19 bits per heavy atom. The highest BCUT2D eigenvalue weighted by atomic mass is 15.1. The zero-order valence-electron chi connectivity index (χ0n) is 15.8. The highest BCUT2D eigenvalue weighted by Crippen LogP contribution is 2.23. The van der Waals surface area contributed by atoms with Crippen LogP contribution in [0.25, 0.3) is 22.1 Å². The predicted octanol–water partition coefficient (Wildman–Crippen LogP) is 5.24. The van der Waals surface area contributed by atoms with Crippen molar-refractivity contribution in [2.75, 3.05) is 26.2 Å². The molecule has 0 saturated carbocycles.